The lowest BCUT2D eigenvalue weighted by Gasteiger charge is -2.05. The van der Waals surface area contributed by atoms with Gasteiger partial charge < -0.3 is 9.73 Å². The van der Waals surface area contributed by atoms with Crippen LogP contribution < -0.4 is 5.32 Å². The van der Waals surface area contributed by atoms with Crippen molar-refractivity contribution in [2.45, 2.75) is 26.7 Å². The van der Waals surface area contributed by atoms with Crippen molar-refractivity contribution in [2.75, 3.05) is 13.1 Å². The molecule has 0 fully saturated rings. The topological polar surface area (TPSA) is 25.2 Å². The molecule has 0 aliphatic carbocycles. The quantitative estimate of drug-likeness (QED) is 0.790. The van der Waals surface area contributed by atoms with Gasteiger partial charge in [0.25, 0.3) is 0 Å². The van der Waals surface area contributed by atoms with Crippen molar-refractivity contribution in [3.8, 4) is 0 Å². The van der Waals surface area contributed by atoms with Crippen LogP contribution in [0.3, 0.4) is 0 Å². The monoisotopic (exact) mass is 265 g/mol. The molecule has 0 unspecified atom stereocenters. The Hall–Kier alpha value is -0.990. The molecule has 1 N–H and O–H groups in total. The molecule has 0 aliphatic rings. The third-order valence-corrected chi connectivity index (χ3v) is 3.09. The van der Waals surface area contributed by atoms with Gasteiger partial charge in [0.2, 0.25) is 0 Å². The zero-order chi connectivity index (χ0) is 13.0. The van der Waals surface area contributed by atoms with Crippen molar-refractivity contribution in [1.82, 2.24) is 5.32 Å². The molecule has 2 aromatic rings. The summed E-state index contributed by atoms with van der Waals surface area (Å²) in [5.41, 5.74) is 0.921. The predicted molar refractivity (Wildman–Crippen MR) is 77.3 cm³/mol. The molecule has 0 bridgehead atoms. The summed E-state index contributed by atoms with van der Waals surface area (Å²) >= 11 is 5.95. The lowest BCUT2D eigenvalue weighted by Crippen LogP contribution is -2.20. The first-order chi connectivity index (χ1) is 8.65. The van der Waals surface area contributed by atoms with Crippen LogP contribution in [0.2, 0.25) is 5.02 Å². The summed E-state index contributed by atoms with van der Waals surface area (Å²) in [7, 11) is 0. The van der Waals surface area contributed by atoms with E-state index in [2.05, 4.69) is 25.2 Å². The van der Waals surface area contributed by atoms with Crippen LogP contribution in [0.4, 0.5) is 0 Å². The maximum absolute atomic E-state index is 5.95. The third-order valence-electron chi connectivity index (χ3n) is 2.86. The lowest BCUT2D eigenvalue weighted by molar-refractivity contribution is 0.509. The highest BCUT2D eigenvalue weighted by Crippen LogP contribution is 2.23. The molecule has 1 aromatic heterocycles. The van der Waals surface area contributed by atoms with Crippen molar-refractivity contribution < 1.29 is 4.42 Å². The Bertz CT molecular complexity index is 504. The zero-order valence-electron chi connectivity index (χ0n) is 11.0. The Balaban J connectivity index is 1.84. The van der Waals surface area contributed by atoms with Gasteiger partial charge in [-0.05, 0) is 49.7 Å². The number of aryl methyl sites for hydroxylation is 1. The minimum absolute atomic E-state index is 0.707. The fraction of sp³-hybridized carbons (Fsp3) is 0.467. The van der Waals surface area contributed by atoms with Crippen LogP contribution in [0.5, 0.6) is 0 Å². The van der Waals surface area contributed by atoms with Gasteiger partial charge in [-0.25, -0.2) is 0 Å². The first-order valence-electron chi connectivity index (χ1n) is 6.54. The fourth-order valence-corrected chi connectivity index (χ4v) is 2.15. The summed E-state index contributed by atoms with van der Waals surface area (Å²) in [6.07, 6.45) is 2.07. The standard InChI is InChI=1S/C15H20ClNO/c1-11(2)10-17-7-3-4-14-9-12-8-13(16)5-6-15(12)18-14/h5-6,8-9,11,17H,3-4,7,10H2,1-2H3. The van der Waals surface area contributed by atoms with E-state index in [4.69, 9.17) is 16.0 Å². The number of halogens is 1. The van der Waals surface area contributed by atoms with Gasteiger partial charge in [-0.3, -0.25) is 0 Å². The summed E-state index contributed by atoms with van der Waals surface area (Å²) in [6, 6.07) is 7.82. The largest absolute Gasteiger partial charge is 0.461 e. The highest BCUT2D eigenvalue weighted by molar-refractivity contribution is 6.31. The van der Waals surface area contributed by atoms with E-state index in [9.17, 15) is 0 Å². The molecule has 1 aromatic carbocycles. The minimum Gasteiger partial charge on any atom is -0.461 e. The second-order valence-electron chi connectivity index (χ2n) is 5.10. The summed E-state index contributed by atoms with van der Waals surface area (Å²) in [5, 5.41) is 5.28. The highest BCUT2D eigenvalue weighted by atomic mass is 35.5. The Morgan fingerprint density at radius 2 is 2.11 bits per heavy atom. The number of furan rings is 1. The minimum atomic E-state index is 0.707. The smallest absolute Gasteiger partial charge is 0.134 e. The van der Waals surface area contributed by atoms with Crippen molar-refractivity contribution in [3.63, 3.8) is 0 Å². The van der Waals surface area contributed by atoms with Gasteiger partial charge in [-0.1, -0.05) is 25.4 Å². The van der Waals surface area contributed by atoms with Crippen LogP contribution in [0, 0.1) is 5.92 Å². The van der Waals surface area contributed by atoms with Crippen molar-refractivity contribution in [3.05, 3.63) is 35.0 Å². The Morgan fingerprint density at radius 1 is 1.28 bits per heavy atom. The molecule has 18 heavy (non-hydrogen) atoms. The highest BCUT2D eigenvalue weighted by Gasteiger charge is 2.04. The van der Waals surface area contributed by atoms with E-state index in [1.54, 1.807) is 0 Å². The number of fused-ring (bicyclic) bond motifs is 1. The molecule has 0 radical (unpaired) electrons. The van der Waals surface area contributed by atoms with Gasteiger partial charge in [-0.2, -0.15) is 0 Å². The molecule has 0 saturated heterocycles. The average molecular weight is 266 g/mol. The van der Waals surface area contributed by atoms with E-state index in [0.717, 1.165) is 47.7 Å². The van der Waals surface area contributed by atoms with E-state index in [-0.39, 0.29) is 0 Å². The summed E-state index contributed by atoms with van der Waals surface area (Å²) in [5.74, 6) is 1.75. The number of rotatable bonds is 6. The van der Waals surface area contributed by atoms with Crippen LogP contribution in [-0.2, 0) is 6.42 Å². The van der Waals surface area contributed by atoms with Crippen LogP contribution in [0.1, 0.15) is 26.0 Å². The van der Waals surface area contributed by atoms with Gasteiger partial charge in [0.05, 0.1) is 0 Å². The van der Waals surface area contributed by atoms with Gasteiger partial charge in [0.15, 0.2) is 0 Å². The maximum Gasteiger partial charge on any atom is 0.134 e. The summed E-state index contributed by atoms with van der Waals surface area (Å²) in [4.78, 5) is 0. The Kier molecular flexibility index (Phi) is 4.67. The SMILES string of the molecule is CC(C)CNCCCc1cc2cc(Cl)ccc2o1. The molecule has 98 valence electrons. The molecular weight excluding hydrogens is 246 g/mol. The van der Waals surface area contributed by atoms with Gasteiger partial charge in [0, 0.05) is 16.8 Å². The number of benzene rings is 1. The maximum atomic E-state index is 5.95. The normalized spacial score (nSPS) is 11.6. The number of hydrogen-bond donors (Lipinski definition) is 1. The molecule has 2 nitrogen and oxygen atoms in total. The molecule has 0 spiro atoms. The molecule has 0 saturated carbocycles. The predicted octanol–water partition coefficient (Wildman–Crippen LogP) is 4.26. The second kappa shape index (κ2) is 6.26. The lowest BCUT2D eigenvalue weighted by atomic mass is 10.2. The first-order valence-corrected chi connectivity index (χ1v) is 6.91. The van der Waals surface area contributed by atoms with Crippen LogP contribution in [-0.4, -0.2) is 13.1 Å². The van der Waals surface area contributed by atoms with Crippen molar-refractivity contribution in [2.24, 2.45) is 5.92 Å². The summed E-state index contributed by atoms with van der Waals surface area (Å²) in [6.45, 7) is 6.55. The second-order valence-corrected chi connectivity index (χ2v) is 5.53. The molecule has 0 atom stereocenters. The third kappa shape index (κ3) is 3.76. The molecule has 2 rings (SSSR count). The van der Waals surface area contributed by atoms with Crippen LogP contribution in [0.15, 0.2) is 28.7 Å². The Labute approximate surface area is 113 Å². The number of nitrogens with one attached hydrogen (secondary N) is 1. The fourth-order valence-electron chi connectivity index (χ4n) is 1.97. The van der Waals surface area contributed by atoms with Crippen LogP contribution in [0.25, 0.3) is 11.0 Å². The molecule has 0 amide bonds. The van der Waals surface area contributed by atoms with E-state index in [1.807, 2.05) is 18.2 Å². The summed E-state index contributed by atoms with van der Waals surface area (Å²) < 4.78 is 5.76. The van der Waals surface area contributed by atoms with Crippen molar-refractivity contribution >= 4 is 22.6 Å². The molecule has 1 heterocycles. The first kappa shape index (κ1) is 13.4. The van der Waals surface area contributed by atoms with E-state index in [0.29, 0.717) is 5.92 Å². The van der Waals surface area contributed by atoms with Gasteiger partial charge in [0.1, 0.15) is 11.3 Å². The van der Waals surface area contributed by atoms with E-state index in [1.165, 1.54) is 0 Å². The molecule has 0 aliphatic heterocycles. The van der Waals surface area contributed by atoms with Crippen molar-refractivity contribution in [1.29, 1.82) is 0 Å². The average Bonchev–Trinajstić information content (AvgIpc) is 2.70. The van der Waals surface area contributed by atoms with E-state index >= 15 is 0 Å². The Morgan fingerprint density at radius 3 is 2.89 bits per heavy atom. The molecule has 3 heteroatoms. The number of hydrogen-bond acceptors (Lipinski definition) is 2. The molecular formula is C15H20ClNO. The van der Waals surface area contributed by atoms with E-state index < -0.39 is 0 Å². The van der Waals surface area contributed by atoms with Crippen LogP contribution >= 0.6 is 11.6 Å². The zero-order valence-corrected chi connectivity index (χ0v) is 11.8. The van der Waals surface area contributed by atoms with Gasteiger partial charge >= 0.3 is 0 Å². The van der Waals surface area contributed by atoms with Gasteiger partial charge in [-0.15, -0.1) is 0 Å².